The maximum absolute atomic E-state index is 6.12. The van der Waals surface area contributed by atoms with Crippen molar-refractivity contribution in [1.29, 1.82) is 0 Å². The lowest BCUT2D eigenvalue weighted by Gasteiger charge is -2.33. The number of quaternary nitrogens is 1. The first-order valence-electron chi connectivity index (χ1n) is 13.7. The summed E-state index contributed by atoms with van der Waals surface area (Å²) < 4.78 is 13.1. The summed E-state index contributed by atoms with van der Waals surface area (Å²) in [6.45, 7) is 15.1. The van der Waals surface area contributed by atoms with Crippen molar-refractivity contribution >= 4 is 0 Å². The van der Waals surface area contributed by atoms with Gasteiger partial charge in [0.25, 0.3) is 0 Å². The van der Waals surface area contributed by atoms with E-state index in [0.717, 1.165) is 48.0 Å². The average Bonchev–Trinajstić information content (AvgIpc) is 2.78. The van der Waals surface area contributed by atoms with Crippen LogP contribution in [0.25, 0.3) is 0 Å². The molecule has 0 radical (unpaired) electrons. The van der Waals surface area contributed by atoms with Crippen molar-refractivity contribution in [3.8, 4) is 11.5 Å². The van der Waals surface area contributed by atoms with Crippen LogP contribution in [-0.4, -0.2) is 38.3 Å². The Morgan fingerprint density at radius 2 is 1.34 bits per heavy atom. The molecule has 0 spiro atoms. The van der Waals surface area contributed by atoms with Crippen LogP contribution in [-0.2, 0) is 12.0 Å². The minimum Gasteiger partial charge on any atom is -0.493 e. The largest absolute Gasteiger partial charge is 0.493 e. The number of hydrogen-bond donors (Lipinski definition) is 0. The number of likely N-dealkylation sites (N-methyl/N-ethyl adjacent to an activating group) is 1. The fourth-order valence-electron chi connectivity index (χ4n) is 5.67. The molecule has 194 valence electrons. The topological polar surface area (TPSA) is 18.5 Å². The Morgan fingerprint density at radius 3 is 1.94 bits per heavy atom. The highest BCUT2D eigenvalue weighted by Crippen LogP contribution is 2.36. The zero-order valence-corrected chi connectivity index (χ0v) is 23.5. The molecule has 35 heavy (non-hydrogen) atoms. The lowest BCUT2D eigenvalue weighted by Crippen LogP contribution is -2.41. The van der Waals surface area contributed by atoms with Gasteiger partial charge in [0.2, 0.25) is 0 Å². The maximum atomic E-state index is 6.12. The molecule has 0 bridgehead atoms. The smallest absolute Gasteiger partial charge is 0.137 e. The lowest BCUT2D eigenvalue weighted by molar-refractivity contribution is -0.903. The second-order valence-corrected chi connectivity index (χ2v) is 13.3. The lowest BCUT2D eigenvalue weighted by atomic mass is 9.72. The zero-order chi connectivity index (χ0) is 25.5. The third kappa shape index (κ3) is 9.52. The summed E-state index contributed by atoms with van der Waals surface area (Å²) >= 11 is 0. The van der Waals surface area contributed by atoms with Gasteiger partial charge >= 0.3 is 0 Å². The summed E-state index contributed by atoms with van der Waals surface area (Å²) in [5.41, 5.74) is 3.18. The predicted molar refractivity (Wildman–Crippen MR) is 148 cm³/mol. The van der Waals surface area contributed by atoms with Gasteiger partial charge in [-0.2, -0.15) is 0 Å². The monoisotopic (exact) mass is 480 g/mol. The Morgan fingerprint density at radius 1 is 0.771 bits per heavy atom. The molecule has 0 amide bonds. The van der Waals surface area contributed by atoms with Crippen LogP contribution in [0, 0.1) is 11.3 Å². The van der Waals surface area contributed by atoms with E-state index in [2.05, 4.69) is 97.2 Å². The van der Waals surface area contributed by atoms with E-state index in [1.165, 1.54) is 43.2 Å². The number of benzene rings is 2. The first kappa shape index (κ1) is 27.6. The average molecular weight is 481 g/mol. The first-order valence-corrected chi connectivity index (χ1v) is 13.7. The van der Waals surface area contributed by atoms with Crippen LogP contribution in [0.4, 0.5) is 0 Å². The number of ether oxygens (including phenoxy) is 2. The van der Waals surface area contributed by atoms with Crippen LogP contribution < -0.4 is 9.47 Å². The molecule has 0 saturated heterocycles. The van der Waals surface area contributed by atoms with Crippen LogP contribution in [0.15, 0.2) is 48.5 Å². The quantitative estimate of drug-likeness (QED) is 0.303. The second-order valence-electron chi connectivity index (χ2n) is 13.3. The van der Waals surface area contributed by atoms with Gasteiger partial charge in [-0.3, -0.25) is 0 Å². The van der Waals surface area contributed by atoms with Gasteiger partial charge in [0, 0.05) is 5.56 Å². The highest BCUT2D eigenvalue weighted by Gasteiger charge is 2.27. The van der Waals surface area contributed by atoms with Gasteiger partial charge < -0.3 is 14.0 Å². The molecular weight excluding hydrogens is 430 g/mol. The van der Waals surface area contributed by atoms with Crippen LogP contribution in [0.5, 0.6) is 11.5 Å². The van der Waals surface area contributed by atoms with E-state index in [4.69, 9.17) is 9.47 Å². The third-order valence-corrected chi connectivity index (χ3v) is 7.32. The van der Waals surface area contributed by atoms with Gasteiger partial charge in [-0.05, 0) is 78.0 Å². The third-order valence-electron chi connectivity index (χ3n) is 7.32. The molecule has 3 heteroatoms. The molecule has 3 nitrogen and oxygen atoms in total. The summed E-state index contributed by atoms with van der Waals surface area (Å²) in [6, 6.07) is 17.4. The summed E-state index contributed by atoms with van der Waals surface area (Å²) in [5, 5.41) is 0. The molecular formula is C32H50NO2+. The van der Waals surface area contributed by atoms with Crippen molar-refractivity contribution in [2.24, 2.45) is 11.3 Å². The zero-order valence-electron chi connectivity index (χ0n) is 23.5. The predicted octanol–water partition coefficient (Wildman–Crippen LogP) is 8.01. The standard InChI is InChI=1S/C32H50NO2/c1-31(2,3)25-32(4,5)28-15-19-29(20-16-28)34-22-21-33(6,7)23-26-13-17-30(18-14-26)35-24-27-11-9-8-10-12-27/h13-20,27H,8-12,21-25H2,1-7H3/q+1. The van der Waals surface area contributed by atoms with E-state index in [0.29, 0.717) is 12.0 Å². The Balaban J connectivity index is 1.43. The molecule has 1 saturated carbocycles. The summed E-state index contributed by atoms with van der Waals surface area (Å²) in [5.74, 6) is 2.70. The Hall–Kier alpha value is -2.00. The van der Waals surface area contributed by atoms with Crippen molar-refractivity contribution in [3.05, 3.63) is 59.7 Å². The van der Waals surface area contributed by atoms with Gasteiger partial charge in [-0.25, -0.2) is 0 Å². The molecule has 0 atom stereocenters. The first-order chi connectivity index (χ1) is 16.4. The SMILES string of the molecule is CC(C)(C)CC(C)(C)c1ccc(OCC[N+](C)(C)Cc2ccc(OCC3CCCCC3)cc2)cc1. The Kier molecular flexibility index (Phi) is 9.32. The Labute approximate surface area is 215 Å². The van der Waals surface area contributed by atoms with E-state index in [1.54, 1.807) is 0 Å². The van der Waals surface area contributed by atoms with E-state index in [9.17, 15) is 0 Å². The summed E-state index contributed by atoms with van der Waals surface area (Å²) in [6.07, 6.45) is 7.93. The van der Waals surface area contributed by atoms with Crippen LogP contribution in [0.3, 0.4) is 0 Å². The van der Waals surface area contributed by atoms with Crippen LogP contribution in [0.2, 0.25) is 0 Å². The molecule has 0 aromatic heterocycles. The van der Waals surface area contributed by atoms with E-state index in [1.807, 2.05) is 0 Å². The van der Waals surface area contributed by atoms with Gasteiger partial charge in [-0.15, -0.1) is 0 Å². The molecule has 0 aliphatic heterocycles. The fourth-order valence-corrected chi connectivity index (χ4v) is 5.67. The minimum atomic E-state index is 0.159. The van der Waals surface area contributed by atoms with E-state index in [-0.39, 0.29) is 5.41 Å². The van der Waals surface area contributed by atoms with Crippen molar-refractivity contribution in [2.45, 2.75) is 85.1 Å². The Bertz CT molecular complexity index is 885. The molecule has 0 heterocycles. The molecule has 3 rings (SSSR count). The summed E-state index contributed by atoms with van der Waals surface area (Å²) in [4.78, 5) is 0. The normalized spacial score (nSPS) is 15.7. The molecule has 0 unspecified atom stereocenters. The molecule has 2 aromatic rings. The molecule has 2 aromatic carbocycles. The maximum Gasteiger partial charge on any atom is 0.137 e. The highest BCUT2D eigenvalue weighted by molar-refractivity contribution is 5.32. The number of rotatable bonds is 11. The highest BCUT2D eigenvalue weighted by atomic mass is 16.5. The second kappa shape index (κ2) is 11.8. The fraction of sp³-hybridized carbons (Fsp3) is 0.625. The molecule has 0 N–H and O–H groups in total. The van der Waals surface area contributed by atoms with Crippen molar-refractivity contribution in [3.63, 3.8) is 0 Å². The minimum absolute atomic E-state index is 0.159. The van der Waals surface area contributed by atoms with E-state index < -0.39 is 0 Å². The van der Waals surface area contributed by atoms with Crippen LogP contribution in [0.1, 0.15) is 84.3 Å². The van der Waals surface area contributed by atoms with Crippen molar-refractivity contribution in [1.82, 2.24) is 0 Å². The molecule has 1 aliphatic carbocycles. The van der Waals surface area contributed by atoms with Crippen molar-refractivity contribution < 1.29 is 14.0 Å². The van der Waals surface area contributed by atoms with Gasteiger partial charge in [0.15, 0.2) is 0 Å². The number of nitrogens with zero attached hydrogens (tertiary/aromatic N) is 1. The van der Waals surface area contributed by atoms with Crippen molar-refractivity contribution in [2.75, 3.05) is 33.9 Å². The summed E-state index contributed by atoms with van der Waals surface area (Å²) in [7, 11) is 4.55. The number of hydrogen-bond acceptors (Lipinski definition) is 2. The molecule has 1 fully saturated rings. The van der Waals surface area contributed by atoms with E-state index >= 15 is 0 Å². The molecule has 1 aliphatic rings. The van der Waals surface area contributed by atoms with Gasteiger partial charge in [0.1, 0.15) is 31.2 Å². The van der Waals surface area contributed by atoms with Gasteiger partial charge in [-0.1, -0.05) is 66.0 Å². The van der Waals surface area contributed by atoms with Gasteiger partial charge in [0.05, 0.1) is 20.7 Å². The van der Waals surface area contributed by atoms with Crippen LogP contribution >= 0.6 is 0 Å².